The topological polar surface area (TPSA) is 15.3 Å². The highest BCUT2D eigenvalue weighted by Gasteiger charge is 2.33. The monoisotopic (exact) mass is 264 g/mol. The third-order valence-corrected chi connectivity index (χ3v) is 4.17. The molecule has 1 saturated carbocycles. The Morgan fingerprint density at radius 3 is 2.26 bits per heavy atom. The van der Waals surface area contributed by atoms with Gasteiger partial charge >= 0.3 is 0 Å². The van der Waals surface area contributed by atoms with Crippen LogP contribution in [-0.4, -0.2) is 37.6 Å². The first kappa shape index (κ1) is 16.5. The molecule has 0 aromatic heterocycles. The normalized spacial score (nSPS) is 18.4. The summed E-state index contributed by atoms with van der Waals surface area (Å²) in [6.45, 7) is 15.4. The van der Waals surface area contributed by atoms with Gasteiger partial charge in [-0.1, -0.05) is 38.3 Å². The van der Waals surface area contributed by atoms with Gasteiger partial charge in [-0.3, -0.25) is 4.90 Å². The molecule has 0 unspecified atom stereocenters. The van der Waals surface area contributed by atoms with Gasteiger partial charge in [-0.15, -0.1) is 13.2 Å². The van der Waals surface area contributed by atoms with Crippen molar-refractivity contribution in [2.24, 2.45) is 5.41 Å². The molecule has 0 bridgehead atoms. The molecule has 0 spiro atoms. The van der Waals surface area contributed by atoms with E-state index in [2.05, 4.69) is 30.3 Å². The quantitative estimate of drug-likeness (QED) is 0.479. The summed E-state index contributed by atoms with van der Waals surface area (Å²) in [7, 11) is 0. The van der Waals surface area contributed by atoms with Crippen molar-refractivity contribution in [2.75, 3.05) is 32.7 Å². The highest BCUT2D eigenvalue weighted by atomic mass is 15.1. The Labute approximate surface area is 120 Å². The Kier molecular flexibility index (Phi) is 8.08. The van der Waals surface area contributed by atoms with E-state index >= 15 is 0 Å². The minimum absolute atomic E-state index is 0.472. The second kappa shape index (κ2) is 9.33. The van der Waals surface area contributed by atoms with E-state index in [1.807, 2.05) is 12.2 Å². The number of rotatable bonds is 10. The highest BCUT2D eigenvalue weighted by molar-refractivity contribution is 4.91. The minimum atomic E-state index is 0.472. The number of nitrogens with one attached hydrogen (secondary N) is 1. The maximum atomic E-state index is 3.88. The molecule has 1 fully saturated rings. The second-order valence-electron chi connectivity index (χ2n) is 6.01. The zero-order valence-corrected chi connectivity index (χ0v) is 12.8. The lowest BCUT2D eigenvalue weighted by Crippen LogP contribution is -2.45. The minimum Gasteiger partial charge on any atom is -0.316 e. The van der Waals surface area contributed by atoms with Crippen molar-refractivity contribution in [1.82, 2.24) is 10.2 Å². The van der Waals surface area contributed by atoms with Crippen molar-refractivity contribution < 1.29 is 0 Å². The smallest absolute Gasteiger partial charge is 0.0164 e. The van der Waals surface area contributed by atoms with Crippen LogP contribution in [0.25, 0.3) is 0 Å². The Morgan fingerprint density at radius 1 is 1.11 bits per heavy atom. The van der Waals surface area contributed by atoms with Crippen molar-refractivity contribution in [2.45, 2.75) is 45.4 Å². The SMILES string of the molecule is C=CCN(CC=C)CC1(CNCCC)CCCCC1. The van der Waals surface area contributed by atoms with Gasteiger partial charge in [-0.05, 0) is 31.2 Å². The van der Waals surface area contributed by atoms with Crippen LogP contribution in [0.15, 0.2) is 25.3 Å². The van der Waals surface area contributed by atoms with Crippen LogP contribution < -0.4 is 5.32 Å². The van der Waals surface area contributed by atoms with Gasteiger partial charge in [0, 0.05) is 26.2 Å². The lowest BCUT2D eigenvalue weighted by Gasteiger charge is -2.41. The van der Waals surface area contributed by atoms with Crippen molar-refractivity contribution >= 4 is 0 Å². The third-order valence-electron chi connectivity index (χ3n) is 4.17. The molecule has 19 heavy (non-hydrogen) atoms. The average Bonchev–Trinajstić information content (AvgIpc) is 2.41. The first-order valence-corrected chi connectivity index (χ1v) is 7.91. The zero-order valence-electron chi connectivity index (χ0n) is 12.8. The summed E-state index contributed by atoms with van der Waals surface area (Å²) in [5, 5.41) is 3.66. The van der Waals surface area contributed by atoms with Gasteiger partial charge in [0.2, 0.25) is 0 Å². The molecule has 1 N–H and O–H groups in total. The van der Waals surface area contributed by atoms with Crippen LogP contribution in [0, 0.1) is 5.41 Å². The molecule has 0 radical (unpaired) electrons. The molecule has 110 valence electrons. The summed E-state index contributed by atoms with van der Waals surface area (Å²) >= 11 is 0. The highest BCUT2D eigenvalue weighted by Crippen LogP contribution is 2.36. The number of nitrogens with zero attached hydrogens (tertiary/aromatic N) is 1. The van der Waals surface area contributed by atoms with Crippen LogP contribution in [-0.2, 0) is 0 Å². The van der Waals surface area contributed by atoms with Crippen molar-refractivity contribution in [3.8, 4) is 0 Å². The molecule has 0 aromatic rings. The van der Waals surface area contributed by atoms with Crippen LogP contribution in [0.5, 0.6) is 0 Å². The molecule has 0 heterocycles. The van der Waals surface area contributed by atoms with Crippen molar-refractivity contribution in [3.05, 3.63) is 25.3 Å². The van der Waals surface area contributed by atoms with Gasteiger partial charge in [-0.2, -0.15) is 0 Å². The van der Waals surface area contributed by atoms with E-state index in [0.717, 1.165) is 19.6 Å². The summed E-state index contributed by atoms with van der Waals surface area (Å²) in [5.74, 6) is 0. The molecule has 1 aliphatic carbocycles. The first-order chi connectivity index (χ1) is 9.26. The van der Waals surface area contributed by atoms with Gasteiger partial charge in [0.15, 0.2) is 0 Å². The largest absolute Gasteiger partial charge is 0.316 e. The van der Waals surface area contributed by atoms with Crippen molar-refractivity contribution in [3.63, 3.8) is 0 Å². The van der Waals surface area contributed by atoms with Gasteiger partial charge < -0.3 is 5.32 Å². The predicted octanol–water partition coefficient (Wildman–Crippen LogP) is 3.61. The van der Waals surface area contributed by atoms with E-state index in [4.69, 9.17) is 0 Å². The Morgan fingerprint density at radius 2 is 1.74 bits per heavy atom. The predicted molar refractivity (Wildman–Crippen MR) is 85.5 cm³/mol. The van der Waals surface area contributed by atoms with E-state index in [1.165, 1.54) is 51.6 Å². The standard InChI is InChI=1S/C17H32N2/c1-4-12-18-15-17(10-8-7-9-11-17)16-19(13-5-2)14-6-3/h5-6,18H,2-4,7-16H2,1H3. The van der Waals surface area contributed by atoms with Crippen LogP contribution >= 0.6 is 0 Å². The average molecular weight is 264 g/mol. The molecule has 1 rings (SSSR count). The summed E-state index contributed by atoms with van der Waals surface area (Å²) in [6, 6.07) is 0. The lowest BCUT2D eigenvalue weighted by molar-refractivity contribution is 0.116. The fraction of sp³-hybridized carbons (Fsp3) is 0.765. The van der Waals surface area contributed by atoms with Gasteiger partial charge in [0.1, 0.15) is 0 Å². The zero-order chi connectivity index (χ0) is 14.0. The molecular formula is C17H32N2. The Balaban J connectivity index is 2.59. The van der Waals surface area contributed by atoms with E-state index < -0.39 is 0 Å². The van der Waals surface area contributed by atoms with Crippen LogP contribution in [0.4, 0.5) is 0 Å². The molecule has 0 saturated heterocycles. The molecule has 0 atom stereocenters. The van der Waals surface area contributed by atoms with Crippen LogP contribution in [0.1, 0.15) is 45.4 Å². The van der Waals surface area contributed by atoms with Gasteiger partial charge in [-0.25, -0.2) is 0 Å². The molecule has 2 heteroatoms. The Hall–Kier alpha value is -0.600. The van der Waals surface area contributed by atoms with E-state index in [1.54, 1.807) is 0 Å². The molecular weight excluding hydrogens is 232 g/mol. The van der Waals surface area contributed by atoms with Gasteiger partial charge in [0.25, 0.3) is 0 Å². The summed E-state index contributed by atoms with van der Waals surface area (Å²) in [5.41, 5.74) is 0.472. The van der Waals surface area contributed by atoms with Gasteiger partial charge in [0.05, 0.1) is 0 Å². The Bertz CT molecular complexity index is 244. The molecule has 0 aromatic carbocycles. The van der Waals surface area contributed by atoms with Crippen LogP contribution in [0.2, 0.25) is 0 Å². The molecule has 0 aliphatic heterocycles. The summed E-state index contributed by atoms with van der Waals surface area (Å²) in [6.07, 6.45) is 12.2. The number of hydrogen-bond donors (Lipinski definition) is 1. The number of hydrogen-bond acceptors (Lipinski definition) is 2. The maximum Gasteiger partial charge on any atom is 0.0164 e. The molecule has 0 amide bonds. The van der Waals surface area contributed by atoms with E-state index in [-0.39, 0.29) is 0 Å². The lowest BCUT2D eigenvalue weighted by atomic mass is 9.73. The third kappa shape index (κ3) is 5.92. The molecule has 2 nitrogen and oxygen atoms in total. The summed E-state index contributed by atoms with van der Waals surface area (Å²) in [4.78, 5) is 2.49. The fourth-order valence-corrected chi connectivity index (χ4v) is 3.27. The van der Waals surface area contributed by atoms with Crippen LogP contribution in [0.3, 0.4) is 0 Å². The second-order valence-corrected chi connectivity index (χ2v) is 6.01. The van der Waals surface area contributed by atoms with E-state index in [9.17, 15) is 0 Å². The molecule has 1 aliphatic rings. The van der Waals surface area contributed by atoms with Crippen molar-refractivity contribution in [1.29, 1.82) is 0 Å². The first-order valence-electron chi connectivity index (χ1n) is 7.91. The fourth-order valence-electron chi connectivity index (χ4n) is 3.27. The maximum absolute atomic E-state index is 3.88. The summed E-state index contributed by atoms with van der Waals surface area (Å²) < 4.78 is 0. The van der Waals surface area contributed by atoms with E-state index in [0.29, 0.717) is 5.41 Å².